The molecule has 5 heteroatoms. The van der Waals surface area contributed by atoms with Crippen LogP contribution < -0.4 is 5.73 Å². The third-order valence-corrected chi connectivity index (χ3v) is 4.87. The van der Waals surface area contributed by atoms with Gasteiger partial charge in [0, 0.05) is 12.6 Å². The molecule has 2 atom stereocenters. The fourth-order valence-corrected chi connectivity index (χ4v) is 3.81. The van der Waals surface area contributed by atoms with Gasteiger partial charge in [0.15, 0.2) is 5.69 Å². The highest BCUT2D eigenvalue weighted by molar-refractivity contribution is 5.98. The van der Waals surface area contributed by atoms with Gasteiger partial charge in [-0.3, -0.25) is 9.89 Å². The summed E-state index contributed by atoms with van der Waals surface area (Å²) in [6.45, 7) is 4.95. The predicted octanol–water partition coefficient (Wildman–Crippen LogP) is 2.52. The van der Waals surface area contributed by atoms with Gasteiger partial charge in [0.05, 0.1) is 11.4 Å². The zero-order chi connectivity index (χ0) is 14.3. The van der Waals surface area contributed by atoms with Gasteiger partial charge in [-0.25, -0.2) is 0 Å². The van der Waals surface area contributed by atoms with Crippen LogP contribution in [0.1, 0.15) is 68.1 Å². The van der Waals surface area contributed by atoms with Crippen molar-refractivity contribution in [3.05, 3.63) is 11.4 Å². The molecule has 1 amide bonds. The molecule has 2 fully saturated rings. The van der Waals surface area contributed by atoms with E-state index < -0.39 is 0 Å². The average molecular weight is 276 g/mol. The number of nitrogens with one attached hydrogen (secondary N) is 1. The van der Waals surface area contributed by atoms with Crippen LogP contribution in [0.3, 0.4) is 0 Å². The number of hydrogen-bond donors (Lipinski definition) is 2. The number of carbonyl (C=O) groups excluding carboxylic acids is 1. The number of fused-ring (bicyclic) bond motifs is 1. The van der Waals surface area contributed by atoms with E-state index in [0.717, 1.165) is 25.1 Å². The van der Waals surface area contributed by atoms with Crippen molar-refractivity contribution in [3.63, 3.8) is 0 Å². The number of carbonyl (C=O) groups is 1. The van der Waals surface area contributed by atoms with E-state index in [1.807, 2.05) is 18.7 Å². The molecule has 20 heavy (non-hydrogen) atoms. The Hall–Kier alpha value is -1.52. The van der Waals surface area contributed by atoms with Gasteiger partial charge in [0.25, 0.3) is 5.91 Å². The van der Waals surface area contributed by atoms with Crippen molar-refractivity contribution >= 4 is 11.6 Å². The Morgan fingerprint density at radius 1 is 1.35 bits per heavy atom. The Morgan fingerprint density at radius 3 is 2.80 bits per heavy atom. The van der Waals surface area contributed by atoms with Gasteiger partial charge in [-0.1, -0.05) is 20.3 Å². The molecule has 1 aliphatic carbocycles. The lowest BCUT2D eigenvalue weighted by molar-refractivity contribution is 0.0543. The molecule has 5 nitrogen and oxygen atoms in total. The van der Waals surface area contributed by atoms with Gasteiger partial charge in [-0.15, -0.1) is 0 Å². The third kappa shape index (κ3) is 2.09. The number of amides is 1. The van der Waals surface area contributed by atoms with E-state index in [0.29, 0.717) is 23.3 Å². The van der Waals surface area contributed by atoms with Crippen molar-refractivity contribution in [3.8, 4) is 0 Å². The number of nitrogen functional groups attached to an aromatic ring is 1. The third-order valence-electron chi connectivity index (χ3n) is 4.87. The molecule has 1 aromatic rings. The topological polar surface area (TPSA) is 75.0 Å². The van der Waals surface area contributed by atoms with Crippen molar-refractivity contribution < 1.29 is 4.79 Å². The summed E-state index contributed by atoms with van der Waals surface area (Å²) in [6, 6.07) is 0.412. The molecule has 1 aromatic heterocycles. The van der Waals surface area contributed by atoms with Crippen molar-refractivity contribution in [1.29, 1.82) is 0 Å². The molecule has 3 rings (SSSR count). The first-order chi connectivity index (χ1) is 9.59. The number of rotatable bonds is 2. The summed E-state index contributed by atoms with van der Waals surface area (Å²) in [5.74, 6) is 0.962. The largest absolute Gasteiger partial charge is 0.395 e. The molecule has 2 aliphatic rings. The van der Waals surface area contributed by atoms with Crippen LogP contribution in [0, 0.1) is 5.92 Å². The Kier molecular flexibility index (Phi) is 3.44. The van der Waals surface area contributed by atoms with Crippen LogP contribution in [0.2, 0.25) is 0 Å². The van der Waals surface area contributed by atoms with E-state index >= 15 is 0 Å². The summed E-state index contributed by atoms with van der Waals surface area (Å²) in [5, 5.41) is 7.12. The van der Waals surface area contributed by atoms with Gasteiger partial charge < -0.3 is 10.6 Å². The summed E-state index contributed by atoms with van der Waals surface area (Å²) in [7, 11) is 0. The number of aromatic amines is 1. The lowest BCUT2D eigenvalue weighted by Gasteiger charge is -2.37. The van der Waals surface area contributed by atoms with Crippen LogP contribution >= 0.6 is 0 Å². The Balaban J connectivity index is 1.85. The summed E-state index contributed by atoms with van der Waals surface area (Å²) in [6.07, 6.45) is 6.02. The fraction of sp³-hybridized carbons (Fsp3) is 0.733. The van der Waals surface area contributed by atoms with Gasteiger partial charge in [0.1, 0.15) is 0 Å². The molecule has 0 aromatic carbocycles. The summed E-state index contributed by atoms with van der Waals surface area (Å²) in [4.78, 5) is 14.8. The average Bonchev–Trinajstić information content (AvgIpc) is 3.03. The van der Waals surface area contributed by atoms with Crippen molar-refractivity contribution in [2.75, 3.05) is 12.3 Å². The Labute approximate surface area is 119 Å². The van der Waals surface area contributed by atoms with Crippen LogP contribution in [0.4, 0.5) is 5.69 Å². The molecule has 110 valence electrons. The van der Waals surface area contributed by atoms with Crippen molar-refractivity contribution in [2.24, 2.45) is 5.92 Å². The number of piperidine rings is 1. The number of nitrogens with two attached hydrogens (primary N) is 1. The quantitative estimate of drug-likeness (QED) is 0.871. The SMILES string of the molecule is CC(C)c1[nH]nc(C(=O)N2CCCC3CCCC32)c1N. The number of H-pyrrole nitrogens is 1. The standard InChI is InChI=1S/C15H24N4O/c1-9(2)13-12(16)14(18-17-13)15(20)19-8-4-6-10-5-3-7-11(10)19/h9-11H,3-8,16H2,1-2H3,(H,17,18). The maximum atomic E-state index is 12.8. The zero-order valence-corrected chi connectivity index (χ0v) is 12.4. The van der Waals surface area contributed by atoms with Gasteiger partial charge in [-0.2, -0.15) is 5.10 Å². The summed E-state index contributed by atoms with van der Waals surface area (Å²) in [5.41, 5.74) is 7.93. The van der Waals surface area contributed by atoms with Crippen LogP contribution in [0.25, 0.3) is 0 Å². The van der Waals surface area contributed by atoms with Gasteiger partial charge in [-0.05, 0) is 37.5 Å². The van der Waals surface area contributed by atoms with E-state index in [2.05, 4.69) is 10.2 Å². The minimum absolute atomic E-state index is 0.0160. The summed E-state index contributed by atoms with van der Waals surface area (Å²) >= 11 is 0. The van der Waals surface area contributed by atoms with Gasteiger partial charge in [0.2, 0.25) is 0 Å². The molecule has 0 spiro atoms. The van der Waals surface area contributed by atoms with E-state index in [1.165, 1.54) is 19.3 Å². The van der Waals surface area contributed by atoms with Crippen LogP contribution in [-0.4, -0.2) is 33.6 Å². The lowest BCUT2D eigenvalue weighted by Crippen LogP contribution is -2.46. The summed E-state index contributed by atoms with van der Waals surface area (Å²) < 4.78 is 0. The first-order valence-electron chi connectivity index (χ1n) is 7.74. The Bertz CT molecular complexity index is 508. The first-order valence-corrected chi connectivity index (χ1v) is 7.74. The molecule has 3 N–H and O–H groups in total. The van der Waals surface area contributed by atoms with Crippen LogP contribution in [0.15, 0.2) is 0 Å². The second-order valence-corrected chi connectivity index (χ2v) is 6.45. The maximum absolute atomic E-state index is 12.8. The number of likely N-dealkylation sites (tertiary alicyclic amines) is 1. The molecular weight excluding hydrogens is 252 g/mol. The molecule has 1 saturated carbocycles. The molecule has 1 saturated heterocycles. The van der Waals surface area contributed by atoms with E-state index in [9.17, 15) is 4.79 Å². The number of hydrogen-bond acceptors (Lipinski definition) is 3. The first kappa shape index (κ1) is 13.5. The Morgan fingerprint density at radius 2 is 2.10 bits per heavy atom. The highest BCUT2D eigenvalue weighted by Gasteiger charge is 2.38. The minimum Gasteiger partial charge on any atom is -0.395 e. The van der Waals surface area contributed by atoms with E-state index in [-0.39, 0.29) is 11.8 Å². The highest BCUT2D eigenvalue weighted by atomic mass is 16.2. The highest BCUT2D eigenvalue weighted by Crippen LogP contribution is 2.37. The number of anilines is 1. The van der Waals surface area contributed by atoms with E-state index in [1.54, 1.807) is 0 Å². The molecular formula is C15H24N4O. The van der Waals surface area contributed by atoms with Crippen LogP contribution in [-0.2, 0) is 0 Å². The second kappa shape index (κ2) is 5.11. The number of nitrogens with zero attached hydrogens (tertiary/aromatic N) is 2. The number of aromatic nitrogens is 2. The maximum Gasteiger partial charge on any atom is 0.276 e. The van der Waals surface area contributed by atoms with E-state index in [4.69, 9.17) is 5.73 Å². The minimum atomic E-state index is 0.0160. The fourth-order valence-electron chi connectivity index (χ4n) is 3.81. The molecule has 1 aliphatic heterocycles. The molecule has 2 heterocycles. The smallest absolute Gasteiger partial charge is 0.276 e. The molecule has 0 bridgehead atoms. The normalized spacial score (nSPS) is 26.1. The molecule has 2 unspecified atom stereocenters. The van der Waals surface area contributed by atoms with Crippen molar-refractivity contribution in [2.45, 2.75) is 57.9 Å². The molecule has 0 radical (unpaired) electrons. The monoisotopic (exact) mass is 276 g/mol. The van der Waals surface area contributed by atoms with Crippen molar-refractivity contribution in [1.82, 2.24) is 15.1 Å². The lowest BCUT2D eigenvalue weighted by atomic mass is 9.91. The van der Waals surface area contributed by atoms with Gasteiger partial charge >= 0.3 is 0 Å². The predicted molar refractivity (Wildman–Crippen MR) is 78.5 cm³/mol. The zero-order valence-electron chi connectivity index (χ0n) is 12.4. The second-order valence-electron chi connectivity index (χ2n) is 6.45. The van der Waals surface area contributed by atoms with Crippen LogP contribution in [0.5, 0.6) is 0 Å².